The molecule has 1 aliphatic carbocycles. The summed E-state index contributed by atoms with van der Waals surface area (Å²) in [5, 5.41) is 16.0. The molecule has 1 saturated heterocycles. The molecule has 0 bridgehead atoms. The van der Waals surface area contributed by atoms with E-state index in [-0.39, 0.29) is 25.0 Å². The fraction of sp³-hybridized carbons (Fsp3) is 0.650. The average molecular weight is 425 g/mol. The number of amides is 2. The van der Waals surface area contributed by atoms with Crippen molar-refractivity contribution in [1.29, 1.82) is 0 Å². The summed E-state index contributed by atoms with van der Waals surface area (Å²) in [5.74, 6) is -2.04. The van der Waals surface area contributed by atoms with Gasteiger partial charge in [0.05, 0.1) is 12.7 Å². The number of nitrogens with zero attached hydrogens (tertiary/aromatic N) is 1. The van der Waals surface area contributed by atoms with Crippen LogP contribution in [0, 0.1) is 11.8 Å². The van der Waals surface area contributed by atoms with Crippen LogP contribution in [0.3, 0.4) is 0 Å². The van der Waals surface area contributed by atoms with Gasteiger partial charge in [-0.2, -0.15) is 0 Å². The molecule has 29 heavy (non-hydrogen) atoms. The van der Waals surface area contributed by atoms with E-state index in [0.717, 1.165) is 0 Å². The van der Waals surface area contributed by atoms with Crippen molar-refractivity contribution in [3.63, 3.8) is 0 Å². The van der Waals surface area contributed by atoms with Gasteiger partial charge in [-0.25, -0.2) is 4.79 Å². The molecular weight excluding hydrogens is 393 g/mol. The van der Waals surface area contributed by atoms with Crippen LogP contribution >= 0.6 is 9.39 Å². The van der Waals surface area contributed by atoms with E-state index in [0.29, 0.717) is 18.4 Å². The Morgan fingerprint density at radius 2 is 2.10 bits per heavy atom. The predicted octanol–water partition coefficient (Wildman–Crippen LogP) is 0.533. The number of likely N-dealkylation sites (tertiary alicyclic amines) is 1. The van der Waals surface area contributed by atoms with Gasteiger partial charge in [-0.3, -0.25) is 14.7 Å². The van der Waals surface area contributed by atoms with Crippen LogP contribution < -0.4 is 10.4 Å². The molecule has 0 spiro atoms. The van der Waals surface area contributed by atoms with Crippen LogP contribution in [0.4, 0.5) is 0 Å². The molecule has 2 aliphatic rings. The number of aliphatic hydroxyl groups excluding tert-OH is 1. The minimum Gasteiger partial charge on any atom is -0.464 e. The highest BCUT2D eigenvalue weighted by molar-refractivity contribution is 7.13. The molecule has 0 aromatic carbocycles. The van der Waals surface area contributed by atoms with E-state index in [1.807, 2.05) is 6.92 Å². The first-order valence-electron chi connectivity index (χ1n) is 9.86. The fourth-order valence-electron chi connectivity index (χ4n) is 3.79. The van der Waals surface area contributed by atoms with Crippen molar-refractivity contribution in [2.75, 3.05) is 13.2 Å². The Balaban J connectivity index is 2.23. The number of carbonyl (C=O) groups is 3. The van der Waals surface area contributed by atoms with Gasteiger partial charge >= 0.3 is 5.97 Å². The first kappa shape index (κ1) is 23.5. The topological polar surface area (TPSA) is 108 Å². The van der Waals surface area contributed by atoms with Crippen molar-refractivity contribution in [1.82, 2.24) is 15.3 Å². The van der Waals surface area contributed by atoms with E-state index in [9.17, 15) is 19.5 Å². The van der Waals surface area contributed by atoms with Gasteiger partial charge in [0.1, 0.15) is 17.6 Å². The molecule has 1 aliphatic heterocycles. The molecule has 7 atom stereocenters. The number of nitrogens with one attached hydrogen (secondary N) is 2. The number of rotatable bonds is 9. The van der Waals surface area contributed by atoms with Gasteiger partial charge < -0.3 is 20.1 Å². The lowest BCUT2D eigenvalue weighted by atomic mass is 9.98. The van der Waals surface area contributed by atoms with Gasteiger partial charge in [0, 0.05) is 18.4 Å². The quantitative estimate of drug-likeness (QED) is 0.283. The van der Waals surface area contributed by atoms with E-state index in [4.69, 9.17) is 4.74 Å². The summed E-state index contributed by atoms with van der Waals surface area (Å²) >= 11 is 0. The second kappa shape index (κ2) is 9.37. The Hall–Kier alpha value is -1.76. The lowest BCUT2D eigenvalue weighted by Crippen LogP contribution is -2.56. The van der Waals surface area contributed by atoms with Crippen molar-refractivity contribution in [3.8, 4) is 0 Å². The average Bonchev–Trinajstić information content (AvgIpc) is 3.30. The maximum Gasteiger partial charge on any atom is 0.332 e. The minimum atomic E-state index is -1.15. The molecule has 3 N–H and O–H groups in total. The number of ether oxygens (including phenoxy) is 1. The molecule has 1 heterocycles. The van der Waals surface area contributed by atoms with Gasteiger partial charge in [0.2, 0.25) is 11.8 Å². The molecule has 2 fully saturated rings. The second-order valence-corrected chi connectivity index (χ2v) is 8.28. The van der Waals surface area contributed by atoms with E-state index < -0.39 is 41.5 Å². The molecule has 8 nitrogen and oxygen atoms in total. The summed E-state index contributed by atoms with van der Waals surface area (Å²) in [6.45, 7) is 13.2. The molecule has 1 saturated carbocycles. The summed E-state index contributed by atoms with van der Waals surface area (Å²) < 4.78 is 5.27. The fourth-order valence-corrected chi connectivity index (χ4v) is 4.22. The summed E-state index contributed by atoms with van der Waals surface area (Å²) in [7, 11) is 2.28. The number of esters is 1. The van der Waals surface area contributed by atoms with Gasteiger partial charge in [-0.05, 0) is 19.8 Å². The third-order valence-corrected chi connectivity index (χ3v) is 6.06. The van der Waals surface area contributed by atoms with Crippen molar-refractivity contribution in [2.24, 2.45) is 11.8 Å². The van der Waals surface area contributed by atoms with Gasteiger partial charge in [0.25, 0.3) is 0 Å². The zero-order chi connectivity index (χ0) is 21.9. The van der Waals surface area contributed by atoms with Crippen LogP contribution in [0.2, 0.25) is 0 Å². The zero-order valence-corrected chi connectivity index (χ0v) is 18.5. The van der Waals surface area contributed by atoms with Crippen molar-refractivity contribution in [2.45, 2.75) is 57.3 Å². The van der Waals surface area contributed by atoms with Crippen molar-refractivity contribution < 1.29 is 24.2 Å². The summed E-state index contributed by atoms with van der Waals surface area (Å²) in [6, 6.07) is -1.60. The SMILES string of the molecule is C=C[C@@H]1C[C@]1(NC(=O)[C@@H]1C(C)[C@@H](O)CN1C(=O)[C@@H](NP)C(=C)C)C(=O)OCCC. The Morgan fingerprint density at radius 1 is 1.45 bits per heavy atom. The molecule has 2 unspecified atom stereocenters. The first-order chi connectivity index (χ1) is 13.6. The molecule has 2 rings (SSSR count). The Morgan fingerprint density at radius 3 is 2.59 bits per heavy atom. The number of aliphatic hydroxyl groups is 1. The van der Waals surface area contributed by atoms with Gasteiger partial charge in [0.15, 0.2) is 0 Å². The number of hydrogen-bond acceptors (Lipinski definition) is 6. The largest absolute Gasteiger partial charge is 0.464 e. The Bertz CT molecular complexity index is 700. The van der Waals surface area contributed by atoms with E-state index in [1.165, 1.54) is 4.90 Å². The number of hydrogen-bond donors (Lipinski definition) is 3. The number of β-amino-alcohol motifs (C(OH)–C–C–N with tert-alkyl or cyclic N) is 1. The smallest absolute Gasteiger partial charge is 0.332 e. The predicted molar refractivity (Wildman–Crippen MR) is 113 cm³/mol. The van der Waals surface area contributed by atoms with Crippen molar-refractivity contribution >= 4 is 27.2 Å². The van der Waals surface area contributed by atoms with Crippen LogP contribution in [0.5, 0.6) is 0 Å². The van der Waals surface area contributed by atoms with Gasteiger partial charge in [-0.1, -0.05) is 41.5 Å². The van der Waals surface area contributed by atoms with E-state index in [2.05, 4.69) is 33.0 Å². The highest BCUT2D eigenvalue weighted by Gasteiger charge is 2.62. The lowest BCUT2D eigenvalue weighted by Gasteiger charge is -2.30. The third kappa shape index (κ3) is 4.55. The Labute approximate surface area is 174 Å². The second-order valence-electron chi connectivity index (χ2n) is 7.95. The molecule has 0 aromatic heterocycles. The molecular formula is C20H32N3O5P. The van der Waals surface area contributed by atoms with Gasteiger partial charge in [-0.15, -0.1) is 6.58 Å². The molecule has 9 heteroatoms. The van der Waals surface area contributed by atoms with E-state index >= 15 is 0 Å². The lowest BCUT2D eigenvalue weighted by molar-refractivity contribution is -0.150. The first-order valence-corrected chi connectivity index (χ1v) is 10.4. The van der Waals surface area contributed by atoms with Crippen LogP contribution in [-0.4, -0.2) is 64.7 Å². The molecule has 2 amide bonds. The maximum absolute atomic E-state index is 13.2. The van der Waals surface area contributed by atoms with E-state index in [1.54, 1.807) is 19.9 Å². The van der Waals surface area contributed by atoms with Crippen LogP contribution in [-0.2, 0) is 19.1 Å². The molecule has 0 aromatic rings. The highest BCUT2D eigenvalue weighted by atomic mass is 31.0. The monoisotopic (exact) mass is 425 g/mol. The molecule has 162 valence electrons. The molecule has 0 radical (unpaired) electrons. The minimum absolute atomic E-state index is 0.0341. The standard InChI is InChI=1S/C20H32N3O5P/c1-6-8-28-19(27)20(9-13(20)7-2)21-17(25)16-12(5)14(24)10-23(16)18(26)15(22-29)11(3)4/h7,12-16,22,24H,2-3,6,8-10,29H2,1,4-5H3,(H,21,25)/t12?,13-,14+,15+,16+,20-/m1/s1. The zero-order valence-electron chi connectivity index (χ0n) is 17.3. The van der Waals surface area contributed by atoms with Crippen molar-refractivity contribution in [3.05, 3.63) is 24.8 Å². The normalized spacial score (nSPS) is 31.7. The maximum atomic E-state index is 13.2. The summed E-state index contributed by atoms with van der Waals surface area (Å²) in [6.07, 6.45) is 1.86. The summed E-state index contributed by atoms with van der Waals surface area (Å²) in [5.41, 5.74) is -0.561. The third-order valence-electron chi connectivity index (χ3n) is 5.73. The number of carbonyl (C=O) groups excluding carboxylic acids is 3. The summed E-state index contributed by atoms with van der Waals surface area (Å²) in [4.78, 5) is 40.1. The van der Waals surface area contributed by atoms with Crippen LogP contribution in [0.1, 0.15) is 33.6 Å². The highest BCUT2D eigenvalue weighted by Crippen LogP contribution is 2.46. The van der Waals surface area contributed by atoms with Crippen LogP contribution in [0.15, 0.2) is 24.8 Å². The van der Waals surface area contributed by atoms with Crippen LogP contribution in [0.25, 0.3) is 0 Å². The Kier molecular flexibility index (Phi) is 7.60.